The second kappa shape index (κ2) is 12.6. The van der Waals surface area contributed by atoms with E-state index in [1.807, 2.05) is 71.9 Å². The Morgan fingerprint density at radius 3 is 2.56 bits per heavy atom. The predicted molar refractivity (Wildman–Crippen MR) is 166 cm³/mol. The molecule has 10 heteroatoms. The van der Waals surface area contributed by atoms with Crippen LogP contribution in [0, 0.1) is 6.92 Å². The summed E-state index contributed by atoms with van der Waals surface area (Å²) in [6.45, 7) is 14.5. The number of benzene rings is 2. The van der Waals surface area contributed by atoms with E-state index in [2.05, 4.69) is 27.8 Å². The third-order valence-electron chi connectivity index (χ3n) is 7.45. The molecule has 1 fully saturated rings. The van der Waals surface area contributed by atoms with Crippen molar-refractivity contribution in [1.82, 2.24) is 25.1 Å². The first kappa shape index (κ1) is 30.3. The van der Waals surface area contributed by atoms with E-state index in [-0.39, 0.29) is 24.3 Å². The van der Waals surface area contributed by atoms with Gasteiger partial charge >= 0.3 is 12.1 Å². The highest BCUT2D eigenvalue weighted by Gasteiger charge is 2.32. The number of urea groups is 1. The average Bonchev–Trinajstić information content (AvgIpc) is 2.92. The van der Waals surface area contributed by atoms with Gasteiger partial charge in [0, 0.05) is 37.1 Å². The van der Waals surface area contributed by atoms with Gasteiger partial charge in [0.2, 0.25) is 5.95 Å². The first-order valence-corrected chi connectivity index (χ1v) is 14.9. The van der Waals surface area contributed by atoms with Gasteiger partial charge in [-0.15, -0.1) is 0 Å². The number of nitrogens with zero attached hydrogens (tertiary/aromatic N) is 4. The predicted octanol–water partition coefficient (Wildman–Crippen LogP) is 5.81. The number of ether oxygens (including phenoxy) is 2. The largest absolute Gasteiger partial charge is 0.444 e. The quantitative estimate of drug-likeness (QED) is 0.360. The number of fused-ring (bicyclic) bond motifs is 1. The summed E-state index contributed by atoms with van der Waals surface area (Å²) in [5, 5.41) is 6.34. The summed E-state index contributed by atoms with van der Waals surface area (Å²) in [6, 6.07) is 14.1. The molecule has 3 amide bonds. The monoisotopic (exact) mass is 586 g/mol. The van der Waals surface area contributed by atoms with Gasteiger partial charge in [0.1, 0.15) is 5.60 Å². The molecule has 2 N–H and O–H groups in total. The summed E-state index contributed by atoms with van der Waals surface area (Å²) in [7, 11) is 0. The van der Waals surface area contributed by atoms with E-state index in [1.54, 1.807) is 16.0 Å². The molecule has 0 atom stereocenters. The minimum absolute atomic E-state index is 0.0710. The molecule has 0 aliphatic carbocycles. The van der Waals surface area contributed by atoms with Crippen LogP contribution in [0.1, 0.15) is 56.9 Å². The molecule has 43 heavy (non-hydrogen) atoms. The highest BCUT2D eigenvalue weighted by molar-refractivity contribution is 5.75. The van der Waals surface area contributed by atoms with Crippen molar-refractivity contribution in [1.29, 1.82) is 0 Å². The molecule has 1 aromatic heterocycles. The molecular weight excluding hydrogens is 544 g/mol. The maximum Gasteiger partial charge on any atom is 0.410 e. The second-order valence-electron chi connectivity index (χ2n) is 12.5. The second-order valence-corrected chi connectivity index (χ2v) is 12.5. The van der Waals surface area contributed by atoms with Crippen molar-refractivity contribution in [3.05, 3.63) is 70.9 Å². The van der Waals surface area contributed by atoms with Gasteiger partial charge in [-0.2, -0.15) is 0 Å². The van der Waals surface area contributed by atoms with Crippen molar-refractivity contribution < 1.29 is 19.1 Å². The summed E-state index contributed by atoms with van der Waals surface area (Å²) in [6.07, 6.45) is 2.52. The number of hydrogen-bond acceptors (Lipinski definition) is 7. The first-order chi connectivity index (χ1) is 20.4. The number of carbonyl (C=O) groups is 2. The number of aryl methyl sites for hydroxylation is 1. The van der Waals surface area contributed by atoms with E-state index < -0.39 is 5.60 Å². The summed E-state index contributed by atoms with van der Waals surface area (Å²) in [5.41, 5.74) is 6.51. The third kappa shape index (κ3) is 7.81. The fraction of sp³-hybridized carbons (Fsp3) is 0.455. The Labute approximate surface area is 253 Å². The van der Waals surface area contributed by atoms with Crippen molar-refractivity contribution in [2.45, 2.75) is 78.9 Å². The van der Waals surface area contributed by atoms with Crippen LogP contribution in [-0.4, -0.2) is 69.3 Å². The third-order valence-corrected chi connectivity index (χ3v) is 7.45. The Kier molecular flexibility index (Phi) is 8.87. The van der Waals surface area contributed by atoms with E-state index >= 15 is 0 Å². The Bertz CT molecular complexity index is 1480. The summed E-state index contributed by atoms with van der Waals surface area (Å²) < 4.78 is 11.3. The van der Waals surface area contributed by atoms with Crippen LogP contribution < -0.4 is 10.6 Å². The van der Waals surface area contributed by atoms with Gasteiger partial charge in [0.05, 0.1) is 31.0 Å². The lowest BCUT2D eigenvalue weighted by molar-refractivity contribution is -0.0641. The van der Waals surface area contributed by atoms with E-state index in [0.29, 0.717) is 38.7 Å². The lowest BCUT2D eigenvalue weighted by Gasteiger charge is -2.39. The average molecular weight is 587 g/mol. The lowest BCUT2D eigenvalue weighted by Crippen LogP contribution is -2.58. The van der Waals surface area contributed by atoms with Crippen molar-refractivity contribution in [3.8, 4) is 11.3 Å². The van der Waals surface area contributed by atoms with Crippen LogP contribution in [0.5, 0.6) is 0 Å². The van der Waals surface area contributed by atoms with Gasteiger partial charge in [-0.05, 0) is 94.5 Å². The minimum atomic E-state index is -0.529. The summed E-state index contributed by atoms with van der Waals surface area (Å²) in [4.78, 5) is 37.8. The zero-order valence-corrected chi connectivity index (χ0v) is 25.9. The molecule has 10 nitrogen and oxygen atoms in total. The number of carbonyl (C=O) groups excluding carboxylic acids is 2. The highest BCUT2D eigenvalue weighted by atomic mass is 16.6. The number of amides is 3. The molecule has 2 aliphatic heterocycles. The Hall–Kier alpha value is -4.18. The van der Waals surface area contributed by atoms with Crippen LogP contribution in [0.25, 0.3) is 11.3 Å². The van der Waals surface area contributed by atoms with Gasteiger partial charge in [0.25, 0.3) is 0 Å². The molecule has 0 unspecified atom stereocenters. The minimum Gasteiger partial charge on any atom is -0.444 e. The van der Waals surface area contributed by atoms with Gasteiger partial charge in [-0.25, -0.2) is 19.6 Å². The van der Waals surface area contributed by atoms with Crippen LogP contribution in [0.3, 0.4) is 0 Å². The molecule has 0 spiro atoms. The van der Waals surface area contributed by atoms with Crippen LogP contribution in [0.15, 0.2) is 48.7 Å². The van der Waals surface area contributed by atoms with Crippen LogP contribution in [-0.2, 0) is 29.0 Å². The number of nitrogens with one attached hydrogen (secondary N) is 2. The number of likely N-dealkylation sites (tertiary alicyclic amines) is 1. The molecule has 2 aromatic carbocycles. The number of anilines is 2. The Morgan fingerprint density at radius 2 is 1.84 bits per heavy atom. The molecule has 3 aromatic rings. The Morgan fingerprint density at radius 1 is 1.05 bits per heavy atom. The van der Waals surface area contributed by atoms with E-state index in [4.69, 9.17) is 14.5 Å². The molecule has 0 saturated carbocycles. The van der Waals surface area contributed by atoms with Gasteiger partial charge in [-0.1, -0.05) is 18.2 Å². The smallest absolute Gasteiger partial charge is 0.410 e. The zero-order chi connectivity index (χ0) is 30.7. The molecule has 0 bridgehead atoms. The number of aromatic nitrogens is 2. The van der Waals surface area contributed by atoms with Crippen molar-refractivity contribution in [2.24, 2.45) is 0 Å². The Balaban J connectivity index is 1.19. The fourth-order valence-corrected chi connectivity index (χ4v) is 5.24. The van der Waals surface area contributed by atoms with Crippen LogP contribution >= 0.6 is 0 Å². The molecule has 1 saturated heterocycles. The highest BCUT2D eigenvalue weighted by Crippen LogP contribution is 2.27. The lowest BCUT2D eigenvalue weighted by atomic mass is 9.99. The van der Waals surface area contributed by atoms with Crippen LogP contribution in [0.4, 0.5) is 21.2 Å². The zero-order valence-electron chi connectivity index (χ0n) is 25.9. The molecule has 3 heterocycles. The first-order valence-electron chi connectivity index (χ1n) is 14.9. The molecule has 2 aliphatic rings. The molecule has 228 valence electrons. The van der Waals surface area contributed by atoms with E-state index in [0.717, 1.165) is 40.1 Å². The number of hydrogen-bond donors (Lipinski definition) is 2. The maximum atomic E-state index is 12.6. The normalized spacial score (nSPS) is 15.1. The SMILES string of the molecule is Cc1cc(-c2ccnc(Nc3ccc4c(c3)CN(C(=O)OC(C)(C)C)CC4)n2)ccc1CNC(=O)N1CC(OC(C)C)C1. The molecular formula is C33H42N6O4. The van der Waals surface area contributed by atoms with Gasteiger partial charge < -0.3 is 29.9 Å². The fourth-order valence-electron chi connectivity index (χ4n) is 5.24. The molecule has 0 radical (unpaired) electrons. The van der Waals surface area contributed by atoms with Crippen LogP contribution in [0.2, 0.25) is 0 Å². The van der Waals surface area contributed by atoms with Crippen molar-refractivity contribution >= 4 is 23.8 Å². The van der Waals surface area contributed by atoms with Crippen molar-refractivity contribution in [2.75, 3.05) is 25.0 Å². The standard InChI is InChI=1S/C33H42N6O4/c1-21(2)42-28-19-39(20-28)31(40)35-17-25-8-7-24(15-22(25)3)29-11-13-34-30(37-29)36-27-10-9-23-12-14-38(18-26(23)16-27)32(41)43-33(4,5)6/h7-11,13,15-16,21,28H,12,14,17-20H2,1-6H3,(H,35,40)(H,34,36,37). The van der Waals surface area contributed by atoms with Gasteiger partial charge in [-0.3, -0.25) is 0 Å². The summed E-state index contributed by atoms with van der Waals surface area (Å²) >= 11 is 0. The molecule has 5 rings (SSSR count). The van der Waals surface area contributed by atoms with Gasteiger partial charge in [0.15, 0.2) is 0 Å². The van der Waals surface area contributed by atoms with E-state index in [1.165, 1.54) is 5.56 Å². The maximum absolute atomic E-state index is 12.6. The van der Waals surface area contributed by atoms with Crippen molar-refractivity contribution in [3.63, 3.8) is 0 Å². The summed E-state index contributed by atoms with van der Waals surface area (Å²) in [5.74, 6) is 0.487. The number of rotatable bonds is 7. The topological polar surface area (TPSA) is 109 Å². The van der Waals surface area contributed by atoms with E-state index in [9.17, 15) is 9.59 Å².